The molecule has 0 bridgehead atoms. The zero-order chi connectivity index (χ0) is 10.7. The number of fused-ring (bicyclic) bond motifs is 1. The lowest BCUT2D eigenvalue weighted by Crippen LogP contribution is -1.99. The van der Waals surface area contributed by atoms with Gasteiger partial charge in [-0.1, -0.05) is 19.9 Å². The molecule has 0 spiro atoms. The van der Waals surface area contributed by atoms with Gasteiger partial charge in [0, 0.05) is 4.90 Å². The summed E-state index contributed by atoms with van der Waals surface area (Å²) < 4.78 is 13.1. The normalized spacial score (nSPS) is 13.3. The van der Waals surface area contributed by atoms with Crippen LogP contribution < -0.4 is 0 Å². The molecule has 0 saturated carbocycles. The maximum Gasteiger partial charge on any atom is 0.177 e. The second kappa shape index (κ2) is 4.60. The average molecular weight is 212 g/mol. The van der Waals surface area contributed by atoms with Crippen LogP contribution in [-0.2, 0) is 0 Å². The average Bonchev–Trinajstić information content (AvgIpc) is 2.59. The molecule has 0 aliphatic carbocycles. The van der Waals surface area contributed by atoms with E-state index in [-0.39, 0.29) is 11.6 Å². The highest BCUT2D eigenvalue weighted by Gasteiger charge is 2.25. The van der Waals surface area contributed by atoms with E-state index < -0.39 is 0 Å². The highest BCUT2D eigenvalue weighted by atomic mass is 32.2. The first-order chi connectivity index (χ1) is 6.70. The van der Waals surface area contributed by atoms with E-state index >= 15 is 0 Å². The Labute approximate surface area is 87.7 Å². The van der Waals surface area contributed by atoms with Crippen LogP contribution >= 0.6 is 11.8 Å². The predicted octanol–water partition coefficient (Wildman–Crippen LogP) is 3.45. The molecule has 76 valence electrons. The van der Waals surface area contributed by atoms with Crippen molar-refractivity contribution in [2.45, 2.75) is 25.7 Å². The standard InChI is InChI=1S/C9H7FOS.C2H6/c1-5-2-3-6(10)8-7(11)4-12-9(5)8;1-2/h2-3H,4H2,1H3;1-2H3. The van der Waals surface area contributed by atoms with Gasteiger partial charge < -0.3 is 0 Å². The minimum Gasteiger partial charge on any atom is -0.293 e. The molecule has 0 radical (unpaired) electrons. The molecule has 0 saturated heterocycles. The van der Waals surface area contributed by atoms with E-state index in [1.165, 1.54) is 17.8 Å². The monoisotopic (exact) mass is 212 g/mol. The molecule has 0 fully saturated rings. The van der Waals surface area contributed by atoms with E-state index in [0.717, 1.165) is 10.5 Å². The van der Waals surface area contributed by atoms with E-state index in [9.17, 15) is 9.18 Å². The summed E-state index contributed by atoms with van der Waals surface area (Å²) in [5.41, 5.74) is 1.28. The molecule has 0 aromatic heterocycles. The number of hydrogen-bond acceptors (Lipinski definition) is 2. The fourth-order valence-electron chi connectivity index (χ4n) is 1.32. The molecule has 1 aliphatic heterocycles. The first-order valence-electron chi connectivity index (χ1n) is 4.65. The summed E-state index contributed by atoms with van der Waals surface area (Å²) in [7, 11) is 0. The van der Waals surface area contributed by atoms with Crippen molar-refractivity contribution in [3.63, 3.8) is 0 Å². The van der Waals surface area contributed by atoms with Crippen molar-refractivity contribution in [1.82, 2.24) is 0 Å². The molecule has 0 N–H and O–H groups in total. The van der Waals surface area contributed by atoms with Crippen molar-refractivity contribution in [2.24, 2.45) is 0 Å². The number of carbonyl (C=O) groups excluding carboxylic acids is 1. The summed E-state index contributed by atoms with van der Waals surface area (Å²) in [4.78, 5) is 12.0. The molecule has 2 rings (SSSR count). The largest absolute Gasteiger partial charge is 0.293 e. The molecule has 1 heterocycles. The summed E-state index contributed by atoms with van der Waals surface area (Å²) in [5.74, 6) is -0.0845. The van der Waals surface area contributed by atoms with Gasteiger partial charge in [-0.3, -0.25) is 4.79 Å². The number of hydrogen-bond donors (Lipinski definition) is 0. The van der Waals surface area contributed by atoms with Crippen LogP contribution in [0.15, 0.2) is 17.0 Å². The van der Waals surface area contributed by atoms with Crippen molar-refractivity contribution < 1.29 is 9.18 Å². The topological polar surface area (TPSA) is 17.1 Å². The van der Waals surface area contributed by atoms with Crippen molar-refractivity contribution in [2.75, 3.05) is 5.75 Å². The minimum absolute atomic E-state index is 0.0869. The first kappa shape index (κ1) is 11.2. The highest BCUT2D eigenvalue weighted by molar-refractivity contribution is 8.00. The Morgan fingerprint density at radius 2 is 2.00 bits per heavy atom. The molecule has 0 unspecified atom stereocenters. The maximum atomic E-state index is 13.1. The van der Waals surface area contributed by atoms with Gasteiger partial charge in [0.05, 0.1) is 11.3 Å². The van der Waals surface area contributed by atoms with Crippen molar-refractivity contribution in [1.29, 1.82) is 0 Å². The van der Waals surface area contributed by atoms with Crippen LogP contribution in [0.1, 0.15) is 29.8 Å². The van der Waals surface area contributed by atoms with Crippen LogP contribution in [0.3, 0.4) is 0 Å². The third kappa shape index (κ3) is 1.82. The number of carbonyl (C=O) groups is 1. The van der Waals surface area contributed by atoms with Crippen LogP contribution in [-0.4, -0.2) is 11.5 Å². The third-order valence-corrected chi connectivity index (χ3v) is 3.15. The number of benzene rings is 1. The molecule has 1 aliphatic rings. The quantitative estimate of drug-likeness (QED) is 0.655. The Bertz CT molecular complexity index is 361. The minimum atomic E-state index is -0.384. The third-order valence-electron chi connectivity index (χ3n) is 1.93. The number of Topliss-reactive ketones (excluding diaryl/α,β-unsaturated/α-hetero) is 1. The van der Waals surface area contributed by atoms with Crippen LogP contribution in [0.4, 0.5) is 4.39 Å². The fraction of sp³-hybridized carbons (Fsp3) is 0.364. The van der Waals surface area contributed by atoms with Crippen molar-refractivity contribution >= 4 is 17.5 Å². The second-order valence-electron chi connectivity index (χ2n) is 2.78. The Hall–Kier alpha value is -0.830. The molecule has 14 heavy (non-hydrogen) atoms. The van der Waals surface area contributed by atoms with Gasteiger partial charge in [-0.2, -0.15) is 0 Å². The maximum absolute atomic E-state index is 13.1. The second-order valence-corrected chi connectivity index (χ2v) is 3.77. The lowest BCUT2D eigenvalue weighted by Gasteiger charge is -2.01. The summed E-state index contributed by atoms with van der Waals surface area (Å²) >= 11 is 1.43. The Kier molecular flexibility index (Phi) is 3.69. The molecule has 1 aromatic carbocycles. The molecule has 3 heteroatoms. The lowest BCUT2D eigenvalue weighted by atomic mass is 10.1. The molecular formula is C11H13FOS. The SMILES string of the molecule is CC.Cc1ccc(F)c2c1SCC2=O. The van der Waals surface area contributed by atoms with E-state index in [1.54, 1.807) is 6.07 Å². The Morgan fingerprint density at radius 1 is 1.36 bits per heavy atom. The van der Waals surface area contributed by atoms with Gasteiger partial charge in [-0.05, 0) is 18.6 Å². The Morgan fingerprint density at radius 3 is 2.57 bits per heavy atom. The number of ketones is 1. The van der Waals surface area contributed by atoms with Gasteiger partial charge in [-0.15, -0.1) is 11.8 Å². The molecule has 1 nitrogen and oxygen atoms in total. The number of aryl methyl sites for hydroxylation is 1. The van der Waals surface area contributed by atoms with Crippen LogP contribution in [0.25, 0.3) is 0 Å². The van der Waals surface area contributed by atoms with E-state index in [0.29, 0.717) is 11.3 Å². The molecule has 0 amide bonds. The van der Waals surface area contributed by atoms with Gasteiger partial charge in [0.15, 0.2) is 5.78 Å². The predicted molar refractivity (Wildman–Crippen MR) is 57.5 cm³/mol. The summed E-state index contributed by atoms with van der Waals surface area (Å²) in [6.07, 6.45) is 0. The summed E-state index contributed by atoms with van der Waals surface area (Å²) in [6, 6.07) is 3.07. The Balaban J connectivity index is 0.000000461. The van der Waals surface area contributed by atoms with Gasteiger partial charge >= 0.3 is 0 Å². The molecular weight excluding hydrogens is 199 g/mol. The fourth-order valence-corrected chi connectivity index (χ4v) is 2.39. The molecule has 0 atom stereocenters. The first-order valence-corrected chi connectivity index (χ1v) is 5.64. The summed E-state index contributed by atoms with van der Waals surface area (Å²) in [5, 5.41) is 0. The number of rotatable bonds is 0. The van der Waals surface area contributed by atoms with E-state index in [2.05, 4.69) is 0 Å². The zero-order valence-corrected chi connectivity index (χ0v) is 9.37. The van der Waals surface area contributed by atoms with E-state index in [1.807, 2.05) is 20.8 Å². The van der Waals surface area contributed by atoms with Gasteiger partial charge in [0.2, 0.25) is 0 Å². The van der Waals surface area contributed by atoms with Gasteiger partial charge in [-0.25, -0.2) is 4.39 Å². The van der Waals surface area contributed by atoms with Crippen LogP contribution in [0.2, 0.25) is 0 Å². The smallest absolute Gasteiger partial charge is 0.177 e. The number of thioether (sulfide) groups is 1. The highest BCUT2D eigenvalue weighted by Crippen LogP contribution is 2.35. The van der Waals surface area contributed by atoms with Crippen LogP contribution in [0, 0.1) is 12.7 Å². The van der Waals surface area contributed by atoms with Crippen molar-refractivity contribution in [3.8, 4) is 0 Å². The zero-order valence-electron chi connectivity index (χ0n) is 8.56. The lowest BCUT2D eigenvalue weighted by molar-refractivity contribution is 0.101. The van der Waals surface area contributed by atoms with Gasteiger partial charge in [0.25, 0.3) is 0 Å². The van der Waals surface area contributed by atoms with Crippen molar-refractivity contribution in [3.05, 3.63) is 29.1 Å². The number of halogens is 1. The van der Waals surface area contributed by atoms with E-state index in [4.69, 9.17) is 0 Å². The van der Waals surface area contributed by atoms with Gasteiger partial charge in [0.1, 0.15) is 5.82 Å². The summed E-state index contributed by atoms with van der Waals surface area (Å²) in [6.45, 7) is 5.89. The molecule has 1 aromatic rings. The van der Waals surface area contributed by atoms with Crippen LogP contribution in [0.5, 0.6) is 0 Å².